The average molecular weight is 459 g/mol. The molecule has 190 valence electrons. The van der Waals surface area contributed by atoms with Gasteiger partial charge in [-0.05, 0) is 18.4 Å². The van der Waals surface area contributed by atoms with Crippen molar-refractivity contribution in [3.63, 3.8) is 0 Å². The second-order valence-electron chi connectivity index (χ2n) is 10.2. The Kier molecular flexibility index (Phi) is 20.2. The van der Waals surface area contributed by atoms with Crippen molar-refractivity contribution in [3.05, 3.63) is 35.9 Å². The maximum absolute atomic E-state index is 11.5. The molecule has 0 radical (unpaired) electrons. The maximum atomic E-state index is 11.5. The fourth-order valence-electron chi connectivity index (χ4n) is 4.86. The first kappa shape index (κ1) is 29.7. The van der Waals surface area contributed by atoms with Crippen LogP contribution in [0.25, 0.3) is 0 Å². The number of rotatable bonds is 24. The SMILES string of the molecule is CCCCCCCCCCCCCCCCCCCCCCC(Cc1ccccc1)C(=O)O. The van der Waals surface area contributed by atoms with Crippen LogP contribution in [0.15, 0.2) is 30.3 Å². The minimum atomic E-state index is -0.642. The Morgan fingerprint density at radius 1 is 0.606 bits per heavy atom. The number of carboxylic acid groups (broad SMARTS) is 1. The van der Waals surface area contributed by atoms with E-state index in [1.165, 1.54) is 122 Å². The van der Waals surface area contributed by atoms with Crippen molar-refractivity contribution in [1.29, 1.82) is 0 Å². The van der Waals surface area contributed by atoms with Crippen molar-refractivity contribution >= 4 is 5.97 Å². The summed E-state index contributed by atoms with van der Waals surface area (Å²) in [5.41, 5.74) is 1.14. The Morgan fingerprint density at radius 3 is 1.33 bits per heavy atom. The molecule has 2 heteroatoms. The lowest BCUT2D eigenvalue weighted by Crippen LogP contribution is -2.16. The predicted molar refractivity (Wildman–Crippen MR) is 144 cm³/mol. The third-order valence-corrected chi connectivity index (χ3v) is 7.08. The molecule has 0 amide bonds. The molecule has 33 heavy (non-hydrogen) atoms. The predicted octanol–water partition coefficient (Wildman–Crippen LogP) is 10.1. The van der Waals surface area contributed by atoms with Crippen LogP contribution < -0.4 is 0 Å². The van der Waals surface area contributed by atoms with E-state index in [1.54, 1.807) is 0 Å². The van der Waals surface area contributed by atoms with Crippen molar-refractivity contribution in [1.82, 2.24) is 0 Å². The van der Waals surface area contributed by atoms with E-state index in [9.17, 15) is 9.90 Å². The first-order valence-corrected chi connectivity index (χ1v) is 14.5. The summed E-state index contributed by atoms with van der Waals surface area (Å²) in [5.74, 6) is -0.875. The monoisotopic (exact) mass is 458 g/mol. The van der Waals surface area contributed by atoms with E-state index < -0.39 is 5.97 Å². The topological polar surface area (TPSA) is 37.3 Å². The molecule has 2 nitrogen and oxygen atoms in total. The Balaban J connectivity index is 1.81. The van der Waals surface area contributed by atoms with Crippen LogP contribution in [0.1, 0.15) is 147 Å². The molecule has 0 aliphatic heterocycles. The van der Waals surface area contributed by atoms with Crippen molar-refractivity contribution < 1.29 is 9.90 Å². The van der Waals surface area contributed by atoms with Gasteiger partial charge in [-0.1, -0.05) is 166 Å². The summed E-state index contributed by atoms with van der Waals surface area (Å²) in [6, 6.07) is 10.0. The minimum Gasteiger partial charge on any atom is -0.481 e. The molecule has 0 bridgehead atoms. The Bertz CT molecular complexity index is 539. The molecular formula is C31H54O2. The van der Waals surface area contributed by atoms with E-state index in [-0.39, 0.29) is 5.92 Å². The number of carbonyl (C=O) groups is 1. The second kappa shape index (κ2) is 22.5. The van der Waals surface area contributed by atoms with Gasteiger partial charge in [0.1, 0.15) is 0 Å². The lowest BCUT2D eigenvalue weighted by atomic mass is 9.93. The molecule has 1 aromatic carbocycles. The molecule has 0 saturated heterocycles. The lowest BCUT2D eigenvalue weighted by molar-refractivity contribution is -0.142. The lowest BCUT2D eigenvalue weighted by Gasteiger charge is -2.12. The zero-order chi connectivity index (χ0) is 23.8. The summed E-state index contributed by atoms with van der Waals surface area (Å²) >= 11 is 0. The summed E-state index contributed by atoms with van der Waals surface area (Å²) in [5, 5.41) is 9.49. The molecule has 0 fully saturated rings. The van der Waals surface area contributed by atoms with E-state index in [2.05, 4.69) is 6.92 Å². The third-order valence-electron chi connectivity index (χ3n) is 7.08. The van der Waals surface area contributed by atoms with Gasteiger partial charge in [0.15, 0.2) is 0 Å². The van der Waals surface area contributed by atoms with Crippen LogP contribution in [0.2, 0.25) is 0 Å². The van der Waals surface area contributed by atoms with Gasteiger partial charge in [-0.25, -0.2) is 0 Å². The molecule has 1 unspecified atom stereocenters. The van der Waals surface area contributed by atoms with Crippen molar-refractivity contribution in [3.8, 4) is 0 Å². The first-order chi connectivity index (χ1) is 16.2. The van der Waals surface area contributed by atoms with Crippen LogP contribution in [-0.4, -0.2) is 11.1 Å². The van der Waals surface area contributed by atoms with E-state index in [4.69, 9.17) is 0 Å². The van der Waals surface area contributed by atoms with Gasteiger partial charge in [0.25, 0.3) is 0 Å². The molecule has 1 atom stereocenters. The van der Waals surface area contributed by atoms with Gasteiger partial charge in [0.05, 0.1) is 5.92 Å². The number of hydrogen-bond acceptors (Lipinski definition) is 1. The summed E-state index contributed by atoms with van der Waals surface area (Å²) in [7, 11) is 0. The number of aliphatic carboxylic acids is 1. The van der Waals surface area contributed by atoms with E-state index in [0.29, 0.717) is 6.42 Å². The number of hydrogen-bond donors (Lipinski definition) is 1. The highest BCUT2D eigenvalue weighted by atomic mass is 16.4. The molecule has 1 N–H and O–H groups in total. The van der Waals surface area contributed by atoms with Crippen LogP contribution in [-0.2, 0) is 11.2 Å². The highest BCUT2D eigenvalue weighted by molar-refractivity contribution is 5.70. The highest BCUT2D eigenvalue weighted by Crippen LogP contribution is 2.18. The first-order valence-electron chi connectivity index (χ1n) is 14.5. The second-order valence-corrected chi connectivity index (χ2v) is 10.2. The summed E-state index contributed by atoms with van der Waals surface area (Å²) in [6.07, 6.45) is 29.0. The van der Waals surface area contributed by atoms with E-state index in [1.807, 2.05) is 30.3 Å². The standard InChI is InChI=1S/C31H54O2/c1-2-3-4-5-6-7-8-9-10-11-12-13-14-15-16-17-18-19-20-24-27-30(31(32)33)28-29-25-22-21-23-26-29/h21-23,25-26,30H,2-20,24,27-28H2,1H3,(H,32,33). The highest BCUT2D eigenvalue weighted by Gasteiger charge is 2.17. The molecule has 0 spiro atoms. The van der Waals surface area contributed by atoms with Crippen molar-refractivity contribution in [2.24, 2.45) is 5.92 Å². The largest absolute Gasteiger partial charge is 0.481 e. The van der Waals surface area contributed by atoms with Gasteiger partial charge in [0, 0.05) is 0 Å². The van der Waals surface area contributed by atoms with Crippen LogP contribution in [0.3, 0.4) is 0 Å². The quantitative estimate of drug-likeness (QED) is 0.156. The Morgan fingerprint density at radius 2 is 0.970 bits per heavy atom. The van der Waals surface area contributed by atoms with Gasteiger partial charge in [0.2, 0.25) is 0 Å². The Hall–Kier alpha value is -1.31. The molecule has 0 aliphatic rings. The maximum Gasteiger partial charge on any atom is 0.306 e. The van der Waals surface area contributed by atoms with Crippen LogP contribution in [0.5, 0.6) is 0 Å². The smallest absolute Gasteiger partial charge is 0.306 e. The van der Waals surface area contributed by atoms with Gasteiger partial charge in [-0.3, -0.25) is 4.79 Å². The fraction of sp³-hybridized carbons (Fsp3) is 0.774. The van der Waals surface area contributed by atoms with Crippen LogP contribution in [0, 0.1) is 5.92 Å². The van der Waals surface area contributed by atoms with E-state index in [0.717, 1.165) is 18.4 Å². The van der Waals surface area contributed by atoms with Crippen molar-refractivity contribution in [2.75, 3.05) is 0 Å². The van der Waals surface area contributed by atoms with Crippen LogP contribution in [0.4, 0.5) is 0 Å². The Labute approximate surface area is 206 Å². The summed E-state index contributed by atoms with van der Waals surface area (Å²) < 4.78 is 0. The normalized spacial score (nSPS) is 12.2. The van der Waals surface area contributed by atoms with Gasteiger partial charge >= 0.3 is 5.97 Å². The molecular weight excluding hydrogens is 404 g/mol. The average Bonchev–Trinajstić information content (AvgIpc) is 2.82. The van der Waals surface area contributed by atoms with Gasteiger partial charge < -0.3 is 5.11 Å². The van der Waals surface area contributed by atoms with E-state index >= 15 is 0 Å². The molecule has 0 aliphatic carbocycles. The molecule has 0 aromatic heterocycles. The molecule has 1 rings (SSSR count). The fourth-order valence-corrected chi connectivity index (χ4v) is 4.86. The minimum absolute atomic E-state index is 0.233. The van der Waals surface area contributed by atoms with Crippen LogP contribution >= 0.6 is 0 Å². The summed E-state index contributed by atoms with van der Waals surface area (Å²) in [4.78, 5) is 11.5. The molecule has 0 saturated carbocycles. The number of benzene rings is 1. The van der Waals surface area contributed by atoms with Gasteiger partial charge in [-0.2, -0.15) is 0 Å². The van der Waals surface area contributed by atoms with Crippen molar-refractivity contribution in [2.45, 2.75) is 148 Å². The zero-order valence-corrected chi connectivity index (χ0v) is 21.9. The third kappa shape index (κ3) is 18.8. The number of carboxylic acids is 1. The molecule has 1 aromatic rings. The number of unbranched alkanes of at least 4 members (excludes halogenated alkanes) is 19. The summed E-state index contributed by atoms with van der Waals surface area (Å²) in [6.45, 7) is 2.29. The zero-order valence-electron chi connectivity index (χ0n) is 21.9. The van der Waals surface area contributed by atoms with Gasteiger partial charge in [-0.15, -0.1) is 0 Å². The molecule has 0 heterocycles.